The predicted molar refractivity (Wildman–Crippen MR) is 115 cm³/mol. The molecule has 5 rings (SSSR count). The number of anilines is 1. The number of carbonyl (C=O) groups is 1. The van der Waals surface area contributed by atoms with E-state index in [2.05, 4.69) is 20.5 Å². The average molecular weight is 428 g/mol. The van der Waals surface area contributed by atoms with E-state index in [4.69, 9.17) is 9.15 Å². The zero-order valence-corrected chi connectivity index (χ0v) is 16.7. The molecule has 1 aliphatic rings. The Balaban J connectivity index is 1.48. The third kappa shape index (κ3) is 3.98. The quantitative estimate of drug-likeness (QED) is 0.458. The van der Waals surface area contributed by atoms with Crippen molar-refractivity contribution in [2.45, 2.75) is 12.1 Å². The minimum absolute atomic E-state index is 0.106. The lowest BCUT2D eigenvalue weighted by atomic mass is 10.00. The predicted octanol–water partition coefficient (Wildman–Crippen LogP) is 4.40. The molecular formula is C24H17FN4O3. The standard InChI is InChI=1S/C24H17FN4O3/c25-18-13-11-15(12-14-18)19(20-23(30)31-21(26-20)16-7-3-1-4-8-16)27-24-29-28-22(32-24)17-9-5-2-6-10-17/h1-14,19-20H,(H,27,29)/t19-,20+/m1/s1. The molecule has 0 spiro atoms. The lowest BCUT2D eigenvalue weighted by Crippen LogP contribution is -2.29. The number of benzene rings is 3. The average Bonchev–Trinajstić information content (AvgIpc) is 3.46. The summed E-state index contributed by atoms with van der Waals surface area (Å²) in [7, 11) is 0. The fourth-order valence-corrected chi connectivity index (χ4v) is 3.41. The Bertz CT molecular complexity index is 1260. The van der Waals surface area contributed by atoms with Gasteiger partial charge in [0.15, 0.2) is 6.04 Å². The van der Waals surface area contributed by atoms with Gasteiger partial charge in [-0.25, -0.2) is 14.2 Å². The van der Waals surface area contributed by atoms with E-state index in [1.165, 1.54) is 12.1 Å². The van der Waals surface area contributed by atoms with Gasteiger partial charge in [0.1, 0.15) is 5.82 Å². The van der Waals surface area contributed by atoms with Crippen LogP contribution in [-0.4, -0.2) is 28.1 Å². The van der Waals surface area contributed by atoms with Crippen LogP contribution in [-0.2, 0) is 9.53 Å². The monoisotopic (exact) mass is 428 g/mol. The summed E-state index contributed by atoms with van der Waals surface area (Å²) in [5, 5.41) is 11.2. The Morgan fingerprint density at radius 3 is 2.19 bits per heavy atom. The van der Waals surface area contributed by atoms with E-state index in [1.807, 2.05) is 48.5 Å². The number of nitrogens with zero attached hydrogens (tertiary/aromatic N) is 3. The normalized spacial score (nSPS) is 16.3. The van der Waals surface area contributed by atoms with Crippen LogP contribution in [0.4, 0.5) is 10.4 Å². The van der Waals surface area contributed by atoms with E-state index in [0.717, 1.165) is 5.56 Å². The van der Waals surface area contributed by atoms with Gasteiger partial charge in [-0.05, 0) is 42.0 Å². The summed E-state index contributed by atoms with van der Waals surface area (Å²) in [5.74, 6) is -0.369. The number of ether oxygens (including phenoxy) is 1. The molecule has 0 saturated carbocycles. The SMILES string of the molecule is O=C1OC(c2ccccc2)=N[C@H]1[C@H](Nc1nnc(-c2ccccc2)o1)c1ccc(F)cc1. The summed E-state index contributed by atoms with van der Waals surface area (Å²) in [6, 6.07) is 22.7. The number of carbonyl (C=O) groups excluding carboxylic acids is 1. The molecule has 7 nitrogen and oxygen atoms in total. The summed E-state index contributed by atoms with van der Waals surface area (Å²) in [6.07, 6.45) is 0. The molecule has 32 heavy (non-hydrogen) atoms. The van der Waals surface area contributed by atoms with Crippen LogP contribution in [0, 0.1) is 5.82 Å². The van der Waals surface area contributed by atoms with E-state index in [0.29, 0.717) is 17.0 Å². The second kappa shape index (κ2) is 8.43. The molecule has 0 bridgehead atoms. The van der Waals surface area contributed by atoms with Crippen molar-refractivity contribution in [2.75, 3.05) is 5.32 Å². The second-order valence-corrected chi connectivity index (χ2v) is 7.12. The molecule has 1 aliphatic heterocycles. The number of aromatic nitrogens is 2. The van der Waals surface area contributed by atoms with E-state index in [1.54, 1.807) is 24.3 Å². The fraction of sp³-hybridized carbons (Fsp3) is 0.0833. The van der Waals surface area contributed by atoms with Gasteiger partial charge in [-0.15, -0.1) is 5.10 Å². The van der Waals surface area contributed by atoms with Crippen molar-refractivity contribution in [1.29, 1.82) is 0 Å². The Labute approximate surface area is 182 Å². The molecule has 1 N–H and O–H groups in total. The van der Waals surface area contributed by atoms with Crippen LogP contribution in [0.3, 0.4) is 0 Å². The number of esters is 1. The molecule has 0 fully saturated rings. The van der Waals surface area contributed by atoms with Gasteiger partial charge >= 0.3 is 12.0 Å². The third-order valence-corrected chi connectivity index (χ3v) is 4.99. The van der Waals surface area contributed by atoms with Gasteiger partial charge in [0, 0.05) is 11.1 Å². The van der Waals surface area contributed by atoms with E-state index >= 15 is 0 Å². The number of cyclic esters (lactones) is 1. The Morgan fingerprint density at radius 1 is 0.844 bits per heavy atom. The largest absolute Gasteiger partial charge is 0.405 e. The van der Waals surface area contributed by atoms with Gasteiger partial charge in [0.25, 0.3) is 0 Å². The Morgan fingerprint density at radius 2 is 1.50 bits per heavy atom. The molecule has 0 amide bonds. The van der Waals surface area contributed by atoms with Gasteiger partial charge in [-0.3, -0.25) is 0 Å². The molecular weight excluding hydrogens is 411 g/mol. The maximum Gasteiger partial charge on any atom is 0.340 e. The summed E-state index contributed by atoms with van der Waals surface area (Å²) < 4.78 is 24.7. The lowest BCUT2D eigenvalue weighted by Gasteiger charge is -2.19. The first kappa shape index (κ1) is 19.6. The minimum atomic E-state index is -0.928. The molecule has 0 radical (unpaired) electrons. The smallest absolute Gasteiger partial charge is 0.340 e. The topological polar surface area (TPSA) is 89.6 Å². The zero-order valence-electron chi connectivity index (χ0n) is 16.7. The van der Waals surface area contributed by atoms with Crippen LogP contribution in [0.15, 0.2) is 94.3 Å². The van der Waals surface area contributed by atoms with Gasteiger partial charge in [-0.2, -0.15) is 0 Å². The fourth-order valence-electron chi connectivity index (χ4n) is 3.41. The first-order valence-corrected chi connectivity index (χ1v) is 9.93. The molecule has 2 atom stereocenters. The summed E-state index contributed by atoms with van der Waals surface area (Å²) in [5.41, 5.74) is 2.06. The number of rotatable bonds is 6. The van der Waals surface area contributed by atoms with Gasteiger partial charge in [-0.1, -0.05) is 53.6 Å². The molecule has 4 aromatic rings. The van der Waals surface area contributed by atoms with Gasteiger partial charge in [0.2, 0.25) is 11.8 Å². The minimum Gasteiger partial charge on any atom is -0.405 e. The number of aliphatic imine (C=N–C) groups is 1. The molecule has 2 heterocycles. The highest BCUT2D eigenvalue weighted by Gasteiger charge is 2.38. The van der Waals surface area contributed by atoms with Gasteiger partial charge < -0.3 is 14.5 Å². The van der Waals surface area contributed by atoms with Crippen LogP contribution in [0.25, 0.3) is 11.5 Å². The van der Waals surface area contributed by atoms with Crippen molar-refractivity contribution in [3.05, 3.63) is 102 Å². The first-order valence-electron chi connectivity index (χ1n) is 9.93. The van der Waals surface area contributed by atoms with Crippen LogP contribution in [0.2, 0.25) is 0 Å². The van der Waals surface area contributed by atoms with Crippen LogP contribution in [0.1, 0.15) is 17.2 Å². The highest BCUT2D eigenvalue weighted by molar-refractivity contribution is 6.06. The Kier molecular flexibility index (Phi) is 5.17. The van der Waals surface area contributed by atoms with E-state index in [9.17, 15) is 9.18 Å². The van der Waals surface area contributed by atoms with Crippen molar-refractivity contribution < 1.29 is 18.3 Å². The van der Waals surface area contributed by atoms with Crippen molar-refractivity contribution in [2.24, 2.45) is 4.99 Å². The van der Waals surface area contributed by atoms with Gasteiger partial charge in [0.05, 0.1) is 6.04 Å². The van der Waals surface area contributed by atoms with E-state index in [-0.39, 0.29) is 17.7 Å². The van der Waals surface area contributed by atoms with Crippen molar-refractivity contribution >= 4 is 17.9 Å². The second-order valence-electron chi connectivity index (χ2n) is 7.12. The lowest BCUT2D eigenvalue weighted by molar-refractivity contribution is -0.135. The number of hydrogen-bond acceptors (Lipinski definition) is 7. The molecule has 158 valence electrons. The molecule has 0 aliphatic carbocycles. The summed E-state index contributed by atoms with van der Waals surface area (Å²) >= 11 is 0. The van der Waals surface area contributed by atoms with Crippen molar-refractivity contribution in [3.8, 4) is 11.5 Å². The molecule has 0 unspecified atom stereocenters. The highest BCUT2D eigenvalue weighted by atomic mass is 19.1. The zero-order chi connectivity index (χ0) is 21.9. The molecule has 0 saturated heterocycles. The molecule has 1 aromatic heterocycles. The van der Waals surface area contributed by atoms with Crippen molar-refractivity contribution in [1.82, 2.24) is 10.2 Å². The Hall–Kier alpha value is -4.33. The van der Waals surface area contributed by atoms with Crippen LogP contribution >= 0.6 is 0 Å². The first-order chi connectivity index (χ1) is 15.7. The maximum atomic E-state index is 13.5. The van der Waals surface area contributed by atoms with Crippen LogP contribution in [0.5, 0.6) is 0 Å². The third-order valence-electron chi connectivity index (χ3n) is 4.99. The number of hydrogen-bond donors (Lipinski definition) is 1. The maximum absolute atomic E-state index is 13.5. The number of halogens is 1. The summed E-state index contributed by atoms with van der Waals surface area (Å²) in [4.78, 5) is 17.2. The highest BCUT2D eigenvalue weighted by Crippen LogP contribution is 2.30. The number of nitrogens with one attached hydrogen (secondary N) is 1. The molecule has 3 aromatic carbocycles. The van der Waals surface area contributed by atoms with Crippen molar-refractivity contribution in [3.63, 3.8) is 0 Å². The van der Waals surface area contributed by atoms with Crippen LogP contribution < -0.4 is 5.32 Å². The molecule has 8 heteroatoms. The summed E-state index contributed by atoms with van der Waals surface area (Å²) in [6.45, 7) is 0. The van der Waals surface area contributed by atoms with E-state index < -0.39 is 18.1 Å².